The summed E-state index contributed by atoms with van der Waals surface area (Å²) in [6.07, 6.45) is 0. The number of aliphatic carboxylic acids is 1. The Morgan fingerprint density at radius 2 is 1.81 bits per heavy atom. The van der Waals surface area contributed by atoms with Crippen LogP contribution in [0.1, 0.15) is 18.4 Å². The highest BCUT2D eigenvalue weighted by Crippen LogP contribution is 2.29. The number of anilines is 1. The molecule has 0 aliphatic carbocycles. The van der Waals surface area contributed by atoms with Crippen molar-refractivity contribution in [2.24, 2.45) is 0 Å². The highest BCUT2D eigenvalue weighted by atomic mass is 16.4. The van der Waals surface area contributed by atoms with Crippen molar-refractivity contribution in [1.82, 2.24) is 0 Å². The minimum atomic E-state index is -0.824. The second-order valence-corrected chi connectivity index (χ2v) is 3.85. The van der Waals surface area contributed by atoms with E-state index in [1.807, 2.05) is 24.3 Å². The Labute approximate surface area is 93.5 Å². The van der Waals surface area contributed by atoms with Gasteiger partial charge in [-0.25, -0.2) is 0 Å². The SMILES string of the molecule is C[C@@H](C(=O)O)c1ccc(N)c2ccccc12. The molecule has 0 saturated carbocycles. The Morgan fingerprint density at radius 3 is 2.44 bits per heavy atom. The molecule has 3 nitrogen and oxygen atoms in total. The lowest BCUT2D eigenvalue weighted by molar-refractivity contribution is -0.138. The van der Waals surface area contributed by atoms with Gasteiger partial charge in [0.15, 0.2) is 0 Å². The van der Waals surface area contributed by atoms with E-state index >= 15 is 0 Å². The van der Waals surface area contributed by atoms with Crippen LogP contribution in [0.3, 0.4) is 0 Å². The minimum Gasteiger partial charge on any atom is -0.481 e. The molecule has 2 rings (SSSR count). The smallest absolute Gasteiger partial charge is 0.310 e. The van der Waals surface area contributed by atoms with Crippen molar-refractivity contribution in [2.45, 2.75) is 12.8 Å². The molecule has 2 aromatic rings. The molecule has 0 heterocycles. The van der Waals surface area contributed by atoms with E-state index in [9.17, 15) is 4.79 Å². The van der Waals surface area contributed by atoms with Gasteiger partial charge in [-0.1, -0.05) is 30.3 Å². The maximum atomic E-state index is 11.0. The highest BCUT2D eigenvalue weighted by Gasteiger charge is 2.16. The van der Waals surface area contributed by atoms with Gasteiger partial charge in [-0.2, -0.15) is 0 Å². The molecular formula is C13H13NO2. The summed E-state index contributed by atoms with van der Waals surface area (Å²) in [5.41, 5.74) is 7.33. The van der Waals surface area contributed by atoms with Gasteiger partial charge >= 0.3 is 5.97 Å². The zero-order valence-corrected chi connectivity index (χ0v) is 8.97. The largest absolute Gasteiger partial charge is 0.481 e. The molecule has 3 N–H and O–H groups in total. The van der Waals surface area contributed by atoms with Crippen LogP contribution in [0.2, 0.25) is 0 Å². The fourth-order valence-corrected chi connectivity index (χ4v) is 1.86. The van der Waals surface area contributed by atoms with Crippen molar-refractivity contribution >= 4 is 22.4 Å². The summed E-state index contributed by atoms with van der Waals surface area (Å²) in [5.74, 6) is -1.35. The molecule has 0 saturated heterocycles. The molecule has 0 spiro atoms. The van der Waals surface area contributed by atoms with Gasteiger partial charge in [0, 0.05) is 11.1 Å². The van der Waals surface area contributed by atoms with Crippen molar-refractivity contribution in [3.05, 3.63) is 42.0 Å². The van der Waals surface area contributed by atoms with Crippen molar-refractivity contribution in [3.8, 4) is 0 Å². The van der Waals surface area contributed by atoms with Gasteiger partial charge in [-0.05, 0) is 23.9 Å². The number of carboxylic acid groups (broad SMARTS) is 1. The summed E-state index contributed by atoms with van der Waals surface area (Å²) < 4.78 is 0. The first kappa shape index (κ1) is 10.5. The summed E-state index contributed by atoms with van der Waals surface area (Å²) in [5, 5.41) is 10.9. The van der Waals surface area contributed by atoms with Crippen LogP contribution >= 0.6 is 0 Å². The van der Waals surface area contributed by atoms with Gasteiger partial charge in [0.05, 0.1) is 5.92 Å². The van der Waals surface area contributed by atoms with Crippen LogP contribution in [0.5, 0.6) is 0 Å². The molecule has 82 valence electrons. The van der Waals surface area contributed by atoms with Crippen molar-refractivity contribution in [3.63, 3.8) is 0 Å². The van der Waals surface area contributed by atoms with E-state index in [1.54, 1.807) is 19.1 Å². The summed E-state index contributed by atoms with van der Waals surface area (Å²) >= 11 is 0. The third-order valence-electron chi connectivity index (χ3n) is 2.83. The summed E-state index contributed by atoms with van der Waals surface area (Å²) in [4.78, 5) is 11.0. The second-order valence-electron chi connectivity index (χ2n) is 3.85. The maximum Gasteiger partial charge on any atom is 0.310 e. The van der Waals surface area contributed by atoms with Gasteiger partial charge in [0.25, 0.3) is 0 Å². The number of rotatable bonds is 2. The number of hydrogen-bond acceptors (Lipinski definition) is 2. The second kappa shape index (κ2) is 3.85. The van der Waals surface area contributed by atoms with Gasteiger partial charge < -0.3 is 10.8 Å². The zero-order valence-electron chi connectivity index (χ0n) is 8.97. The van der Waals surface area contributed by atoms with Crippen LogP contribution in [0.15, 0.2) is 36.4 Å². The van der Waals surface area contributed by atoms with Crippen LogP contribution in [0.25, 0.3) is 10.8 Å². The third-order valence-corrected chi connectivity index (χ3v) is 2.83. The minimum absolute atomic E-state index is 0.523. The first-order valence-corrected chi connectivity index (χ1v) is 5.11. The van der Waals surface area contributed by atoms with E-state index in [-0.39, 0.29) is 0 Å². The summed E-state index contributed by atoms with van der Waals surface area (Å²) in [7, 11) is 0. The van der Waals surface area contributed by atoms with Gasteiger partial charge in [-0.15, -0.1) is 0 Å². The monoisotopic (exact) mass is 215 g/mol. The fourth-order valence-electron chi connectivity index (χ4n) is 1.86. The van der Waals surface area contributed by atoms with Gasteiger partial charge in [0.1, 0.15) is 0 Å². The van der Waals surface area contributed by atoms with Gasteiger partial charge in [-0.3, -0.25) is 4.79 Å². The summed E-state index contributed by atoms with van der Waals surface area (Å²) in [6.45, 7) is 1.68. The predicted molar refractivity (Wildman–Crippen MR) is 64.4 cm³/mol. The topological polar surface area (TPSA) is 63.3 Å². The highest BCUT2D eigenvalue weighted by molar-refractivity contribution is 5.97. The molecule has 16 heavy (non-hydrogen) atoms. The van der Waals surface area contributed by atoms with Crippen molar-refractivity contribution < 1.29 is 9.90 Å². The molecule has 0 fully saturated rings. The zero-order chi connectivity index (χ0) is 11.7. The molecule has 1 atom stereocenters. The normalized spacial score (nSPS) is 12.6. The van der Waals surface area contributed by atoms with Crippen molar-refractivity contribution in [1.29, 1.82) is 0 Å². The first-order chi connectivity index (χ1) is 7.61. The first-order valence-electron chi connectivity index (χ1n) is 5.11. The number of fused-ring (bicyclic) bond motifs is 1. The quantitative estimate of drug-likeness (QED) is 0.757. The Hall–Kier alpha value is -2.03. The maximum absolute atomic E-state index is 11.0. The van der Waals surface area contributed by atoms with Crippen LogP contribution < -0.4 is 5.73 Å². The van der Waals surface area contributed by atoms with Crippen LogP contribution in [0.4, 0.5) is 5.69 Å². The van der Waals surface area contributed by atoms with E-state index in [2.05, 4.69) is 0 Å². The number of hydrogen-bond donors (Lipinski definition) is 2. The average Bonchev–Trinajstić information content (AvgIpc) is 2.29. The molecule has 0 bridgehead atoms. The molecule has 0 unspecified atom stereocenters. The fraction of sp³-hybridized carbons (Fsp3) is 0.154. The van der Waals surface area contributed by atoms with E-state index in [1.165, 1.54) is 0 Å². The van der Waals surface area contributed by atoms with Gasteiger partial charge in [0.2, 0.25) is 0 Å². The van der Waals surface area contributed by atoms with E-state index < -0.39 is 11.9 Å². The van der Waals surface area contributed by atoms with Crippen LogP contribution in [0, 0.1) is 0 Å². The van der Waals surface area contributed by atoms with Crippen molar-refractivity contribution in [2.75, 3.05) is 5.73 Å². The predicted octanol–water partition coefficient (Wildman–Crippen LogP) is 2.61. The molecule has 2 aromatic carbocycles. The Kier molecular flexibility index (Phi) is 2.52. The lowest BCUT2D eigenvalue weighted by Crippen LogP contribution is -2.08. The number of nitrogens with two attached hydrogens (primary N) is 1. The molecule has 0 amide bonds. The Balaban J connectivity index is 2.72. The third kappa shape index (κ3) is 1.60. The van der Waals surface area contributed by atoms with E-state index in [0.717, 1.165) is 16.3 Å². The molecule has 0 aliphatic rings. The number of benzene rings is 2. The molecule has 3 heteroatoms. The van der Waals surface area contributed by atoms with Crippen LogP contribution in [-0.2, 0) is 4.79 Å². The average molecular weight is 215 g/mol. The Bertz CT molecular complexity index is 549. The molecular weight excluding hydrogens is 202 g/mol. The summed E-state index contributed by atoms with van der Waals surface area (Å²) in [6, 6.07) is 11.1. The standard InChI is InChI=1S/C13H13NO2/c1-8(13(15)16)9-6-7-12(14)11-5-3-2-4-10(9)11/h2-8H,14H2,1H3,(H,15,16)/t8-/m1/s1. The van der Waals surface area contributed by atoms with E-state index in [4.69, 9.17) is 10.8 Å². The van der Waals surface area contributed by atoms with E-state index in [0.29, 0.717) is 5.69 Å². The molecule has 0 aromatic heterocycles. The Morgan fingerprint density at radius 1 is 1.19 bits per heavy atom. The molecule has 0 radical (unpaired) electrons. The number of nitrogen functional groups attached to an aromatic ring is 1. The van der Waals surface area contributed by atoms with Crippen LogP contribution in [-0.4, -0.2) is 11.1 Å². The number of carbonyl (C=O) groups is 1. The lowest BCUT2D eigenvalue weighted by atomic mass is 9.94. The molecule has 0 aliphatic heterocycles. The lowest BCUT2D eigenvalue weighted by Gasteiger charge is -2.11. The number of carboxylic acids is 1.